The predicted molar refractivity (Wildman–Crippen MR) is 98.1 cm³/mol. The van der Waals surface area contributed by atoms with Crippen molar-refractivity contribution in [1.82, 2.24) is 14.5 Å². The molecule has 2 heterocycles. The Hall–Kier alpha value is -2.71. The van der Waals surface area contributed by atoms with Gasteiger partial charge in [0.2, 0.25) is 0 Å². The lowest BCUT2D eigenvalue weighted by molar-refractivity contribution is 0.754. The van der Waals surface area contributed by atoms with Gasteiger partial charge >= 0.3 is 0 Å². The Balaban J connectivity index is 2.24. The van der Waals surface area contributed by atoms with E-state index in [0.29, 0.717) is 16.2 Å². The summed E-state index contributed by atoms with van der Waals surface area (Å²) in [6, 6.07) is 9.57. The van der Waals surface area contributed by atoms with Gasteiger partial charge in [-0.05, 0) is 44.0 Å². The van der Waals surface area contributed by atoms with E-state index >= 15 is 0 Å². The lowest BCUT2D eigenvalue weighted by Crippen LogP contribution is -2.18. The topological polar surface area (TPSA) is 66.9 Å². The van der Waals surface area contributed by atoms with Gasteiger partial charge in [0.1, 0.15) is 11.0 Å². The summed E-state index contributed by atoms with van der Waals surface area (Å²) < 4.78 is 1.96. The zero-order valence-corrected chi connectivity index (χ0v) is 15.3. The molecule has 3 rings (SSSR count). The van der Waals surface area contributed by atoms with Crippen molar-refractivity contribution in [2.75, 3.05) is 0 Å². The van der Waals surface area contributed by atoms with Crippen molar-refractivity contribution < 1.29 is 0 Å². The SMILES string of the molecule is Cc1c(C#N)cccc1[C@@H](C)/N=c1\nc(C)n(C)c2cnc(Cl)cc12. The molecule has 3 aromatic rings. The highest BCUT2D eigenvalue weighted by molar-refractivity contribution is 6.30. The van der Waals surface area contributed by atoms with Crippen LogP contribution in [-0.4, -0.2) is 14.5 Å². The molecular formula is C19H18ClN5. The van der Waals surface area contributed by atoms with Gasteiger partial charge < -0.3 is 4.57 Å². The van der Waals surface area contributed by atoms with E-state index < -0.39 is 0 Å². The minimum atomic E-state index is -0.136. The molecule has 0 aliphatic rings. The van der Waals surface area contributed by atoms with Gasteiger partial charge in [0.05, 0.1) is 29.4 Å². The standard InChI is InChI=1S/C19H18ClN5/c1-11-14(9-21)6-5-7-15(11)12(2)23-19-16-8-18(20)22-10-17(16)25(4)13(3)24-19/h5-8,10,12H,1-4H3/b23-19-/t12-/m1/s1. The molecule has 0 aliphatic carbocycles. The maximum Gasteiger partial charge on any atom is 0.159 e. The van der Waals surface area contributed by atoms with Crippen LogP contribution in [0.5, 0.6) is 0 Å². The summed E-state index contributed by atoms with van der Waals surface area (Å²) in [5.41, 5.74) is 4.18. The van der Waals surface area contributed by atoms with E-state index in [2.05, 4.69) is 16.0 Å². The summed E-state index contributed by atoms with van der Waals surface area (Å²) in [6.45, 7) is 5.88. The van der Waals surface area contributed by atoms with Crippen molar-refractivity contribution in [2.24, 2.45) is 12.0 Å². The quantitative estimate of drug-likeness (QED) is 0.660. The summed E-state index contributed by atoms with van der Waals surface area (Å²) in [4.78, 5) is 13.6. The molecule has 0 saturated heterocycles. The number of nitriles is 1. The fraction of sp³-hybridized carbons (Fsp3) is 0.263. The Labute approximate surface area is 151 Å². The molecule has 0 spiro atoms. The first-order valence-electron chi connectivity index (χ1n) is 7.94. The van der Waals surface area contributed by atoms with Crippen molar-refractivity contribution in [3.8, 4) is 6.07 Å². The molecule has 6 heteroatoms. The Morgan fingerprint density at radius 1 is 1.32 bits per heavy atom. The first-order chi connectivity index (χ1) is 11.9. The molecule has 0 N–H and O–H groups in total. The third kappa shape index (κ3) is 3.13. The Morgan fingerprint density at radius 3 is 2.80 bits per heavy atom. The lowest BCUT2D eigenvalue weighted by atomic mass is 9.98. The van der Waals surface area contributed by atoms with Gasteiger partial charge in [-0.3, -0.25) is 4.99 Å². The number of benzene rings is 1. The monoisotopic (exact) mass is 351 g/mol. The third-order valence-electron chi connectivity index (χ3n) is 4.47. The smallest absolute Gasteiger partial charge is 0.159 e. The average Bonchev–Trinajstić information content (AvgIpc) is 2.59. The molecule has 0 amide bonds. The molecule has 0 aliphatic heterocycles. The van der Waals surface area contributed by atoms with E-state index in [4.69, 9.17) is 16.6 Å². The molecule has 0 radical (unpaired) electrons. The summed E-state index contributed by atoms with van der Waals surface area (Å²) in [7, 11) is 1.94. The van der Waals surface area contributed by atoms with Crippen molar-refractivity contribution in [3.05, 3.63) is 63.6 Å². The fourth-order valence-electron chi connectivity index (χ4n) is 2.91. The largest absolute Gasteiger partial charge is 0.331 e. The number of aromatic nitrogens is 3. The van der Waals surface area contributed by atoms with E-state index in [9.17, 15) is 5.26 Å². The van der Waals surface area contributed by atoms with Crippen LogP contribution in [0.2, 0.25) is 5.15 Å². The molecule has 126 valence electrons. The number of aryl methyl sites for hydroxylation is 2. The lowest BCUT2D eigenvalue weighted by Gasteiger charge is -2.13. The first-order valence-corrected chi connectivity index (χ1v) is 8.32. The highest BCUT2D eigenvalue weighted by Crippen LogP contribution is 2.23. The number of fused-ring (bicyclic) bond motifs is 1. The molecule has 0 unspecified atom stereocenters. The second-order valence-corrected chi connectivity index (χ2v) is 6.39. The molecule has 0 fully saturated rings. The van der Waals surface area contributed by atoms with Crippen LogP contribution in [0, 0.1) is 25.2 Å². The first kappa shape index (κ1) is 17.1. The van der Waals surface area contributed by atoms with Gasteiger partial charge in [-0.2, -0.15) is 5.26 Å². The molecule has 5 nitrogen and oxygen atoms in total. The minimum Gasteiger partial charge on any atom is -0.331 e. The summed E-state index contributed by atoms with van der Waals surface area (Å²) in [6.07, 6.45) is 1.73. The van der Waals surface area contributed by atoms with Crippen LogP contribution in [0.25, 0.3) is 10.9 Å². The number of rotatable bonds is 2. The van der Waals surface area contributed by atoms with Crippen LogP contribution in [0.3, 0.4) is 0 Å². The van der Waals surface area contributed by atoms with Gasteiger partial charge in [-0.1, -0.05) is 23.7 Å². The fourth-order valence-corrected chi connectivity index (χ4v) is 3.07. The van der Waals surface area contributed by atoms with Crippen LogP contribution < -0.4 is 5.49 Å². The van der Waals surface area contributed by atoms with Crippen LogP contribution in [-0.2, 0) is 7.05 Å². The normalized spacial score (nSPS) is 13.0. The van der Waals surface area contributed by atoms with E-state index in [0.717, 1.165) is 27.9 Å². The van der Waals surface area contributed by atoms with E-state index in [-0.39, 0.29) is 6.04 Å². The number of hydrogen-bond donors (Lipinski definition) is 0. The Kier molecular flexibility index (Phi) is 4.56. The van der Waals surface area contributed by atoms with Crippen LogP contribution in [0.4, 0.5) is 0 Å². The summed E-state index contributed by atoms with van der Waals surface area (Å²) in [5.74, 6) is 0.838. The van der Waals surface area contributed by atoms with Gasteiger partial charge in [0, 0.05) is 12.4 Å². The van der Waals surface area contributed by atoms with Crippen molar-refractivity contribution in [1.29, 1.82) is 5.26 Å². The zero-order chi connectivity index (χ0) is 18.1. The van der Waals surface area contributed by atoms with Gasteiger partial charge in [0.15, 0.2) is 5.49 Å². The maximum absolute atomic E-state index is 9.24. The minimum absolute atomic E-state index is 0.136. The van der Waals surface area contributed by atoms with E-state index in [1.54, 1.807) is 12.3 Å². The second kappa shape index (κ2) is 6.66. The molecular weight excluding hydrogens is 334 g/mol. The highest BCUT2D eigenvalue weighted by atomic mass is 35.5. The Morgan fingerprint density at radius 2 is 2.08 bits per heavy atom. The second-order valence-electron chi connectivity index (χ2n) is 6.00. The van der Waals surface area contributed by atoms with Crippen molar-refractivity contribution >= 4 is 22.5 Å². The van der Waals surface area contributed by atoms with E-state index in [1.165, 1.54) is 0 Å². The molecule has 2 aromatic heterocycles. The Bertz CT molecular complexity index is 1080. The predicted octanol–water partition coefficient (Wildman–Crippen LogP) is 3.77. The van der Waals surface area contributed by atoms with Crippen LogP contribution in [0.1, 0.15) is 35.5 Å². The van der Waals surface area contributed by atoms with Crippen LogP contribution in [0.15, 0.2) is 35.5 Å². The molecule has 0 saturated carbocycles. The number of nitrogens with zero attached hydrogens (tertiary/aromatic N) is 5. The van der Waals surface area contributed by atoms with Gasteiger partial charge in [-0.25, -0.2) is 9.97 Å². The number of halogens is 1. The number of pyridine rings is 1. The highest BCUT2D eigenvalue weighted by Gasteiger charge is 2.12. The molecule has 25 heavy (non-hydrogen) atoms. The zero-order valence-electron chi connectivity index (χ0n) is 14.6. The molecule has 1 atom stereocenters. The molecule has 1 aromatic carbocycles. The van der Waals surface area contributed by atoms with Gasteiger partial charge in [-0.15, -0.1) is 0 Å². The third-order valence-corrected chi connectivity index (χ3v) is 4.67. The summed E-state index contributed by atoms with van der Waals surface area (Å²) in [5, 5.41) is 10.5. The van der Waals surface area contributed by atoms with Crippen LogP contribution >= 0.6 is 11.6 Å². The molecule has 0 bridgehead atoms. The average molecular weight is 352 g/mol. The maximum atomic E-state index is 9.24. The van der Waals surface area contributed by atoms with Crippen molar-refractivity contribution in [3.63, 3.8) is 0 Å². The van der Waals surface area contributed by atoms with Gasteiger partial charge in [0.25, 0.3) is 0 Å². The van der Waals surface area contributed by atoms with E-state index in [1.807, 2.05) is 50.6 Å². The van der Waals surface area contributed by atoms with Crippen molar-refractivity contribution in [2.45, 2.75) is 26.8 Å². The number of hydrogen-bond acceptors (Lipinski definition) is 4. The summed E-state index contributed by atoms with van der Waals surface area (Å²) >= 11 is 6.08.